The van der Waals surface area contributed by atoms with Gasteiger partial charge < -0.3 is 9.52 Å². The van der Waals surface area contributed by atoms with Gasteiger partial charge in [0.2, 0.25) is 0 Å². The molecule has 1 heterocycles. The quantitative estimate of drug-likeness (QED) is 0.747. The molecule has 1 aromatic heterocycles. The standard InChI is InChI=1S/C17H14O3/c1-10-4-3-5-12-9-15(20-16(10)12)14-7-6-13(17(18)19)8-11(14)2/h3-9H,1-2H3,(H,18,19). The van der Waals surface area contributed by atoms with Gasteiger partial charge in [-0.05, 0) is 43.2 Å². The Morgan fingerprint density at radius 1 is 1.05 bits per heavy atom. The summed E-state index contributed by atoms with van der Waals surface area (Å²) in [6, 6.07) is 13.1. The van der Waals surface area contributed by atoms with Crippen LogP contribution in [0.2, 0.25) is 0 Å². The van der Waals surface area contributed by atoms with Crippen LogP contribution in [0.4, 0.5) is 0 Å². The van der Waals surface area contributed by atoms with Gasteiger partial charge in [-0.15, -0.1) is 0 Å². The van der Waals surface area contributed by atoms with Gasteiger partial charge in [-0.2, -0.15) is 0 Å². The minimum absolute atomic E-state index is 0.290. The number of carboxylic acids is 1. The maximum absolute atomic E-state index is 11.0. The molecule has 0 radical (unpaired) electrons. The zero-order valence-corrected chi connectivity index (χ0v) is 11.3. The molecule has 0 saturated heterocycles. The van der Waals surface area contributed by atoms with Crippen molar-refractivity contribution in [1.82, 2.24) is 0 Å². The first-order valence-electron chi connectivity index (χ1n) is 6.40. The molecule has 0 unspecified atom stereocenters. The number of aromatic carboxylic acids is 1. The molecule has 3 heteroatoms. The molecule has 3 rings (SSSR count). The van der Waals surface area contributed by atoms with Crippen molar-refractivity contribution in [2.24, 2.45) is 0 Å². The molecule has 20 heavy (non-hydrogen) atoms. The molecule has 0 aliphatic rings. The third-order valence-electron chi connectivity index (χ3n) is 3.48. The Morgan fingerprint density at radius 2 is 1.85 bits per heavy atom. The Hall–Kier alpha value is -2.55. The molecule has 3 nitrogen and oxygen atoms in total. The summed E-state index contributed by atoms with van der Waals surface area (Å²) in [5.74, 6) is -0.149. The van der Waals surface area contributed by atoms with Gasteiger partial charge in [0.1, 0.15) is 11.3 Å². The fourth-order valence-corrected chi connectivity index (χ4v) is 2.41. The van der Waals surface area contributed by atoms with Gasteiger partial charge in [-0.1, -0.05) is 24.3 Å². The monoisotopic (exact) mass is 266 g/mol. The number of rotatable bonds is 2. The first-order valence-corrected chi connectivity index (χ1v) is 6.40. The molecule has 0 aliphatic carbocycles. The summed E-state index contributed by atoms with van der Waals surface area (Å²) in [4.78, 5) is 11.0. The molecular formula is C17H14O3. The van der Waals surface area contributed by atoms with Gasteiger partial charge in [-0.3, -0.25) is 0 Å². The van der Waals surface area contributed by atoms with Gasteiger partial charge in [0.05, 0.1) is 5.56 Å². The molecule has 0 amide bonds. The molecule has 1 N–H and O–H groups in total. The van der Waals surface area contributed by atoms with E-state index in [0.717, 1.165) is 33.4 Å². The summed E-state index contributed by atoms with van der Waals surface area (Å²) in [6.07, 6.45) is 0. The first kappa shape index (κ1) is 12.5. The average Bonchev–Trinajstić information content (AvgIpc) is 2.83. The number of hydrogen-bond acceptors (Lipinski definition) is 2. The number of benzene rings is 2. The van der Waals surface area contributed by atoms with Crippen LogP contribution in [-0.2, 0) is 0 Å². The first-order chi connectivity index (χ1) is 9.56. The molecule has 0 bridgehead atoms. The number of hydrogen-bond donors (Lipinski definition) is 1. The lowest BCUT2D eigenvalue weighted by molar-refractivity contribution is 0.0697. The van der Waals surface area contributed by atoms with Gasteiger partial charge in [0.15, 0.2) is 0 Å². The van der Waals surface area contributed by atoms with Crippen molar-refractivity contribution in [2.45, 2.75) is 13.8 Å². The van der Waals surface area contributed by atoms with E-state index in [9.17, 15) is 4.79 Å². The normalized spacial score (nSPS) is 10.9. The smallest absolute Gasteiger partial charge is 0.335 e. The predicted molar refractivity (Wildman–Crippen MR) is 78.1 cm³/mol. The molecule has 100 valence electrons. The van der Waals surface area contributed by atoms with Crippen LogP contribution in [0.1, 0.15) is 21.5 Å². The van der Waals surface area contributed by atoms with E-state index in [1.807, 2.05) is 38.1 Å². The van der Waals surface area contributed by atoms with E-state index in [-0.39, 0.29) is 0 Å². The molecule has 0 saturated carbocycles. The van der Waals surface area contributed by atoms with Crippen LogP contribution in [0.3, 0.4) is 0 Å². The van der Waals surface area contributed by atoms with E-state index >= 15 is 0 Å². The van der Waals surface area contributed by atoms with Gasteiger partial charge >= 0.3 is 5.97 Å². The van der Waals surface area contributed by atoms with Gasteiger partial charge in [-0.25, -0.2) is 4.79 Å². The van der Waals surface area contributed by atoms with E-state index < -0.39 is 5.97 Å². The van der Waals surface area contributed by atoms with Gasteiger partial charge in [0.25, 0.3) is 0 Å². The van der Waals surface area contributed by atoms with Gasteiger partial charge in [0, 0.05) is 10.9 Å². The highest BCUT2D eigenvalue weighted by molar-refractivity contribution is 5.90. The zero-order valence-electron chi connectivity index (χ0n) is 11.3. The second-order valence-corrected chi connectivity index (χ2v) is 4.94. The molecule has 0 aliphatic heterocycles. The maximum Gasteiger partial charge on any atom is 0.335 e. The van der Waals surface area contributed by atoms with E-state index in [2.05, 4.69) is 0 Å². The highest BCUT2D eigenvalue weighted by Gasteiger charge is 2.12. The van der Waals surface area contributed by atoms with Crippen LogP contribution < -0.4 is 0 Å². The molecule has 3 aromatic rings. The molecule has 0 atom stereocenters. The van der Waals surface area contributed by atoms with Crippen LogP contribution in [0.25, 0.3) is 22.3 Å². The van der Waals surface area contributed by atoms with Crippen molar-refractivity contribution in [1.29, 1.82) is 0 Å². The summed E-state index contributed by atoms with van der Waals surface area (Å²) < 4.78 is 5.92. The summed E-state index contributed by atoms with van der Waals surface area (Å²) in [6.45, 7) is 3.90. The number of aryl methyl sites for hydroxylation is 2. The van der Waals surface area contributed by atoms with Crippen molar-refractivity contribution in [3.05, 3.63) is 59.2 Å². The SMILES string of the molecule is Cc1cc(C(=O)O)ccc1-c1cc2cccc(C)c2o1. The number of para-hydroxylation sites is 1. The Balaban J connectivity index is 2.16. The maximum atomic E-state index is 11.0. The number of carboxylic acid groups (broad SMARTS) is 1. The van der Waals surface area contributed by atoms with Crippen molar-refractivity contribution in [2.75, 3.05) is 0 Å². The molecule has 2 aromatic carbocycles. The van der Waals surface area contributed by atoms with Crippen LogP contribution in [0.5, 0.6) is 0 Å². The van der Waals surface area contributed by atoms with E-state index in [1.54, 1.807) is 18.2 Å². The lowest BCUT2D eigenvalue weighted by Crippen LogP contribution is -1.96. The van der Waals surface area contributed by atoms with E-state index in [1.165, 1.54) is 0 Å². The topological polar surface area (TPSA) is 50.4 Å². The Kier molecular flexibility index (Phi) is 2.83. The van der Waals surface area contributed by atoms with Crippen molar-refractivity contribution < 1.29 is 14.3 Å². The summed E-state index contributed by atoms with van der Waals surface area (Å²) in [5.41, 5.74) is 4.07. The fraction of sp³-hybridized carbons (Fsp3) is 0.118. The van der Waals surface area contributed by atoms with E-state index in [4.69, 9.17) is 9.52 Å². The average molecular weight is 266 g/mol. The lowest BCUT2D eigenvalue weighted by atomic mass is 10.0. The number of fused-ring (bicyclic) bond motifs is 1. The summed E-state index contributed by atoms with van der Waals surface area (Å²) in [5, 5.41) is 10.1. The summed E-state index contributed by atoms with van der Waals surface area (Å²) >= 11 is 0. The molecule has 0 fully saturated rings. The van der Waals surface area contributed by atoms with Crippen LogP contribution >= 0.6 is 0 Å². The fourth-order valence-electron chi connectivity index (χ4n) is 2.41. The zero-order chi connectivity index (χ0) is 14.3. The number of carbonyl (C=O) groups is 1. The largest absolute Gasteiger partial charge is 0.478 e. The Bertz CT molecular complexity index is 812. The van der Waals surface area contributed by atoms with Crippen molar-refractivity contribution in [3.8, 4) is 11.3 Å². The van der Waals surface area contributed by atoms with Crippen LogP contribution in [0, 0.1) is 13.8 Å². The third-order valence-corrected chi connectivity index (χ3v) is 3.48. The van der Waals surface area contributed by atoms with Crippen molar-refractivity contribution >= 4 is 16.9 Å². The Morgan fingerprint density at radius 3 is 2.50 bits per heavy atom. The third kappa shape index (κ3) is 1.97. The lowest BCUT2D eigenvalue weighted by Gasteiger charge is -2.03. The predicted octanol–water partition coefficient (Wildman–Crippen LogP) is 4.41. The second-order valence-electron chi connectivity index (χ2n) is 4.94. The highest BCUT2D eigenvalue weighted by Crippen LogP contribution is 2.31. The van der Waals surface area contributed by atoms with E-state index in [0.29, 0.717) is 5.56 Å². The van der Waals surface area contributed by atoms with Crippen LogP contribution in [-0.4, -0.2) is 11.1 Å². The second kappa shape index (κ2) is 4.53. The highest BCUT2D eigenvalue weighted by atomic mass is 16.4. The van der Waals surface area contributed by atoms with Crippen LogP contribution in [0.15, 0.2) is 46.9 Å². The summed E-state index contributed by atoms with van der Waals surface area (Å²) in [7, 11) is 0. The molecular weight excluding hydrogens is 252 g/mol. The number of furan rings is 1. The Labute approximate surface area is 116 Å². The molecule has 0 spiro atoms. The van der Waals surface area contributed by atoms with Crippen molar-refractivity contribution in [3.63, 3.8) is 0 Å². The minimum Gasteiger partial charge on any atom is -0.478 e. The minimum atomic E-state index is -0.917.